The molecule has 3 N–H and O–H groups in total. The molecule has 142 valence electrons. The molecule has 5 nitrogen and oxygen atoms in total. The van der Waals surface area contributed by atoms with E-state index in [0.29, 0.717) is 12.5 Å². The first-order valence-electron chi connectivity index (χ1n) is 8.87. The van der Waals surface area contributed by atoms with E-state index in [9.17, 15) is 0 Å². The van der Waals surface area contributed by atoms with Gasteiger partial charge in [0.25, 0.3) is 0 Å². The molecule has 1 atom stereocenters. The van der Waals surface area contributed by atoms with Gasteiger partial charge in [0.05, 0.1) is 12.2 Å². The number of rotatable bonds is 7. The van der Waals surface area contributed by atoms with E-state index < -0.39 is 0 Å². The lowest BCUT2D eigenvalue weighted by atomic mass is 9.92. The Morgan fingerprint density at radius 3 is 2.33 bits per heavy atom. The fourth-order valence-electron chi connectivity index (χ4n) is 2.93. The molecule has 0 aliphatic rings. The van der Waals surface area contributed by atoms with E-state index in [1.807, 2.05) is 6.07 Å². The summed E-state index contributed by atoms with van der Waals surface area (Å²) in [6, 6.07) is 23.2. The number of H-pyrrole nitrogens is 1. The maximum absolute atomic E-state index is 4.32. The van der Waals surface area contributed by atoms with Crippen molar-refractivity contribution in [2.24, 2.45) is 4.99 Å². The van der Waals surface area contributed by atoms with Gasteiger partial charge in [-0.25, -0.2) is 0 Å². The average Bonchev–Trinajstić information content (AvgIpc) is 3.22. The molecule has 0 bridgehead atoms. The summed E-state index contributed by atoms with van der Waals surface area (Å²) in [7, 11) is 1.79. The summed E-state index contributed by atoms with van der Waals surface area (Å²) in [6.07, 6.45) is 2.73. The lowest BCUT2D eigenvalue weighted by Crippen LogP contribution is -2.39. The number of aromatic amines is 1. The summed E-state index contributed by atoms with van der Waals surface area (Å²) in [4.78, 5) is 4.32. The van der Waals surface area contributed by atoms with Gasteiger partial charge in [0.2, 0.25) is 0 Å². The summed E-state index contributed by atoms with van der Waals surface area (Å²) < 4.78 is 0. The number of halogens is 1. The molecule has 6 heteroatoms. The summed E-state index contributed by atoms with van der Waals surface area (Å²) in [6.45, 7) is 1.47. The standard InChI is InChI=1S/C21H25N5.HI/c1-22-21(24-16-20-12-13-25-26-20)23-15-19(18-10-6-3-7-11-18)14-17-8-4-2-5-9-17;/h2-13,19H,14-16H2,1H3,(H,25,26)(H2,22,23,24);1H. The number of aliphatic imine (C=N–C) groups is 1. The third-order valence-corrected chi connectivity index (χ3v) is 4.34. The van der Waals surface area contributed by atoms with Gasteiger partial charge in [-0.05, 0) is 23.6 Å². The van der Waals surface area contributed by atoms with Crippen LogP contribution in [0.5, 0.6) is 0 Å². The molecule has 1 unspecified atom stereocenters. The van der Waals surface area contributed by atoms with Gasteiger partial charge in [-0.2, -0.15) is 5.10 Å². The number of nitrogens with zero attached hydrogens (tertiary/aromatic N) is 2. The van der Waals surface area contributed by atoms with Crippen molar-refractivity contribution in [1.29, 1.82) is 0 Å². The zero-order valence-electron chi connectivity index (χ0n) is 15.4. The number of aromatic nitrogens is 2. The molecule has 0 spiro atoms. The van der Waals surface area contributed by atoms with Crippen molar-refractivity contribution in [2.75, 3.05) is 13.6 Å². The smallest absolute Gasteiger partial charge is 0.191 e. The first kappa shape index (κ1) is 21.0. The molecule has 1 aromatic heterocycles. The second-order valence-corrected chi connectivity index (χ2v) is 6.19. The van der Waals surface area contributed by atoms with Gasteiger partial charge in [0.15, 0.2) is 5.96 Å². The molecule has 3 rings (SSSR count). The zero-order valence-corrected chi connectivity index (χ0v) is 17.8. The Morgan fingerprint density at radius 1 is 1.00 bits per heavy atom. The fourth-order valence-corrected chi connectivity index (χ4v) is 2.93. The maximum Gasteiger partial charge on any atom is 0.191 e. The van der Waals surface area contributed by atoms with Crippen molar-refractivity contribution in [3.8, 4) is 0 Å². The predicted molar refractivity (Wildman–Crippen MR) is 122 cm³/mol. The number of hydrogen-bond acceptors (Lipinski definition) is 2. The highest BCUT2D eigenvalue weighted by molar-refractivity contribution is 14.0. The van der Waals surface area contributed by atoms with Gasteiger partial charge in [0.1, 0.15) is 0 Å². The van der Waals surface area contributed by atoms with Crippen LogP contribution in [0, 0.1) is 0 Å². The molecular weight excluding hydrogens is 449 g/mol. The second-order valence-electron chi connectivity index (χ2n) is 6.19. The van der Waals surface area contributed by atoms with E-state index >= 15 is 0 Å². The van der Waals surface area contributed by atoms with E-state index in [1.54, 1.807) is 13.2 Å². The van der Waals surface area contributed by atoms with Crippen LogP contribution in [0.2, 0.25) is 0 Å². The van der Waals surface area contributed by atoms with Crippen LogP contribution in [0.15, 0.2) is 77.9 Å². The van der Waals surface area contributed by atoms with Gasteiger partial charge >= 0.3 is 0 Å². The van der Waals surface area contributed by atoms with Crippen molar-refractivity contribution in [3.05, 3.63) is 89.7 Å². The normalized spacial score (nSPS) is 12.1. The van der Waals surface area contributed by atoms with Gasteiger partial charge in [0, 0.05) is 25.7 Å². The molecule has 3 aromatic rings. The molecule has 0 amide bonds. The van der Waals surface area contributed by atoms with Crippen molar-refractivity contribution < 1.29 is 0 Å². The Kier molecular flexibility index (Phi) is 8.83. The van der Waals surface area contributed by atoms with Crippen LogP contribution in [-0.2, 0) is 13.0 Å². The fraction of sp³-hybridized carbons (Fsp3) is 0.238. The zero-order chi connectivity index (χ0) is 18.0. The minimum atomic E-state index is 0. The first-order chi connectivity index (χ1) is 12.8. The minimum Gasteiger partial charge on any atom is -0.356 e. The second kappa shape index (κ2) is 11.4. The highest BCUT2D eigenvalue weighted by Crippen LogP contribution is 2.20. The van der Waals surface area contributed by atoms with Crippen molar-refractivity contribution in [2.45, 2.75) is 18.9 Å². The Balaban J connectivity index is 0.00000261. The highest BCUT2D eigenvalue weighted by atomic mass is 127. The summed E-state index contributed by atoms with van der Waals surface area (Å²) in [5, 5.41) is 13.7. The molecule has 1 heterocycles. The van der Waals surface area contributed by atoms with Crippen molar-refractivity contribution in [1.82, 2.24) is 20.8 Å². The largest absolute Gasteiger partial charge is 0.356 e. The van der Waals surface area contributed by atoms with Crippen LogP contribution in [0.4, 0.5) is 0 Å². The minimum absolute atomic E-state index is 0. The molecule has 0 aliphatic carbocycles. The van der Waals surface area contributed by atoms with Gasteiger partial charge in [-0.15, -0.1) is 24.0 Å². The van der Waals surface area contributed by atoms with Crippen LogP contribution in [-0.4, -0.2) is 29.7 Å². The molecule has 0 radical (unpaired) electrons. The SMILES string of the molecule is CN=C(NCc1ccn[nH]1)NCC(Cc1ccccc1)c1ccccc1.I. The van der Waals surface area contributed by atoms with Crippen molar-refractivity contribution in [3.63, 3.8) is 0 Å². The van der Waals surface area contributed by atoms with Crippen molar-refractivity contribution >= 4 is 29.9 Å². The monoisotopic (exact) mass is 475 g/mol. The quantitative estimate of drug-likeness (QED) is 0.277. The number of nitrogens with one attached hydrogen (secondary N) is 3. The van der Waals surface area contributed by atoms with Gasteiger partial charge in [-0.1, -0.05) is 60.7 Å². The van der Waals surface area contributed by atoms with E-state index in [1.165, 1.54) is 11.1 Å². The summed E-state index contributed by atoms with van der Waals surface area (Å²) >= 11 is 0. The summed E-state index contributed by atoms with van der Waals surface area (Å²) in [5.74, 6) is 1.15. The third kappa shape index (κ3) is 6.71. The first-order valence-corrected chi connectivity index (χ1v) is 8.87. The molecule has 0 aliphatic heterocycles. The van der Waals surface area contributed by atoms with E-state index in [4.69, 9.17) is 0 Å². The lowest BCUT2D eigenvalue weighted by Gasteiger charge is -2.20. The molecule has 0 saturated carbocycles. The lowest BCUT2D eigenvalue weighted by molar-refractivity contribution is 0.643. The average molecular weight is 475 g/mol. The Hall–Kier alpha value is -2.35. The highest BCUT2D eigenvalue weighted by Gasteiger charge is 2.13. The topological polar surface area (TPSA) is 65.1 Å². The number of guanidine groups is 1. The summed E-state index contributed by atoms with van der Waals surface area (Å²) in [5.41, 5.74) is 3.69. The maximum atomic E-state index is 4.32. The number of benzene rings is 2. The van der Waals surface area contributed by atoms with Crippen LogP contribution in [0.1, 0.15) is 22.7 Å². The molecule has 2 aromatic carbocycles. The van der Waals surface area contributed by atoms with Gasteiger partial charge < -0.3 is 10.6 Å². The Bertz CT molecular complexity index is 788. The predicted octanol–water partition coefficient (Wildman–Crippen LogP) is 3.72. The Labute approximate surface area is 177 Å². The Morgan fingerprint density at radius 2 is 1.70 bits per heavy atom. The van der Waals surface area contributed by atoms with E-state index in [0.717, 1.165) is 24.6 Å². The molecule has 0 fully saturated rings. The molecule has 0 saturated heterocycles. The third-order valence-electron chi connectivity index (χ3n) is 4.34. The van der Waals surface area contributed by atoms with Crippen LogP contribution < -0.4 is 10.6 Å². The van der Waals surface area contributed by atoms with E-state index in [2.05, 4.69) is 86.5 Å². The number of hydrogen-bond donors (Lipinski definition) is 3. The van der Waals surface area contributed by atoms with Crippen LogP contribution >= 0.6 is 24.0 Å². The molecule has 27 heavy (non-hydrogen) atoms. The van der Waals surface area contributed by atoms with Crippen LogP contribution in [0.3, 0.4) is 0 Å². The van der Waals surface area contributed by atoms with Crippen LogP contribution in [0.25, 0.3) is 0 Å². The molecular formula is C21H26IN5. The van der Waals surface area contributed by atoms with Gasteiger partial charge in [-0.3, -0.25) is 10.1 Å². The van der Waals surface area contributed by atoms with E-state index in [-0.39, 0.29) is 24.0 Å².